The molecule has 2 nitrogen and oxygen atoms in total. The fraction of sp³-hybridized carbons (Fsp3) is 0.333. The van der Waals surface area contributed by atoms with E-state index in [1.165, 1.54) is 15.6 Å². The maximum absolute atomic E-state index is 5.44. The Hall–Kier alpha value is -1.06. The summed E-state index contributed by atoms with van der Waals surface area (Å²) in [7, 11) is 0. The second kappa shape index (κ2) is 4.90. The van der Waals surface area contributed by atoms with Crippen molar-refractivity contribution >= 4 is 15.9 Å². The summed E-state index contributed by atoms with van der Waals surface area (Å²) in [5.74, 6) is 1.00. The van der Waals surface area contributed by atoms with E-state index in [4.69, 9.17) is 4.42 Å². The summed E-state index contributed by atoms with van der Waals surface area (Å²) in [6.45, 7) is 2.15. The summed E-state index contributed by atoms with van der Waals surface area (Å²) in [6.07, 6.45) is 4.04. The van der Waals surface area contributed by atoms with E-state index in [-0.39, 0.29) is 6.04 Å². The van der Waals surface area contributed by atoms with Gasteiger partial charge < -0.3 is 9.73 Å². The molecule has 1 aromatic heterocycles. The van der Waals surface area contributed by atoms with Gasteiger partial charge in [0.2, 0.25) is 0 Å². The molecule has 0 bridgehead atoms. The fourth-order valence-electron chi connectivity index (χ4n) is 2.68. The number of hydrogen-bond acceptors (Lipinski definition) is 2. The Labute approximate surface area is 116 Å². The summed E-state index contributed by atoms with van der Waals surface area (Å²) in [4.78, 5) is 0. The lowest BCUT2D eigenvalue weighted by molar-refractivity contribution is 0.391. The minimum Gasteiger partial charge on any atom is -0.468 e. The van der Waals surface area contributed by atoms with E-state index in [2.05, 4.69) is 46.4 Å². The normalized spacial score (nSPS) is 19.8. The largest absolute Gasteiger partial charge is 0.468 e. The number of nitrogens with one attached hydrogen (secondary N) is 1. The van der Waals surface area contributed by atoms with Crippen LogP contribution in [0.1, 0.15) is 42.3 Å². The Kier molecular flexibility index (Phi) is 3.27. The van der Waals surface area contributed by atoms with E-state index in [0.717, 1.165) is 18.6 Å². The Morgan fingerprint density at radius 3 is 3.06 bits per heavy atom. The predicted octanol–water partition coefficient (Wildman–Crippen LogP) is 4.38. The third kappa shape index (κ3) is 2.25. The van der Waals surface area contributed by atoms with Crippen molar-refractivity contribution in [1.82, 2.24) is 5.32 Å². The SMILES string of the molecule is C[C@H](NC1CCc2cc(Br)ccc21)c1ccco1. The molecule has 0 aliphatic heterocycles. The zero-order chi connectivity index (χ0) is 12.5. The van der Waals surface area contributed by atoms with Gasteiger partial charge in [0.25, 0.3) is 0 Å². The standard InChI is InChI=1S/C15H16BrNO/c1-10(15-3-2-8-18-15)17-14-7-4-11-9-12(16)5-6-13(11)14/h2-3,5-6,8-10,14,17H,4,7H2,1H3/t10-,14?/m0/s1. The molecule has 0 saturated carbocycles. The quantitative estimate of drug-likeness (QED) is 0.910. The van der Waals surface area contributed by atoms with Crippen LogP contribution >= 0.6 is 15.9 Å². The summed E-state index contributed by atoms with van der Waals surface area (Å²) in [5, 5.41) is 3.65. The summed E-state index contributed by atoms with van der Waals surface area (Å²) in [5.41, 5.74) is 2.88. The van der Waals surface area contributed by atoms with Gasteiger partial charge in [-0.2, -0.15) is 0 Å². The average molecular weight is 306 g/mol. The van der Waals surface area contributed by atoms with Crippen LogP contribution in [0.25, 0.3) is 0 Å². The van der Waals surface area contributed by atoms with Gasteiger partial charge >= 0.3 is 0 Å². The first-order valence-electron chi connectivity index (χ1n) is 6.32. The van der Waals surface area contributed by atoms with Crippen LogP contribution in [0.4, 0.5) is 0 Å². The minimum absolute atomic E-state index is 0.250. The monoisotopic (exact) mass is 305 g/mol. The summed E-state index contributed by atoms with van der Waals surface area (Å²) in [6, 6.07) is 11.2. The molecule has 3 rings (SSSR count). The van der Waals surface area contributed by atoms with Crippen molar-refractivity contribution in [2.24, 2.45) is 0 Å². The highest BCUT2D eigenvalue weighted by Gasteiger charge is 2.24. The number of furan rings is 1. The minimum atomic E-state index is 0.250. The molecule has 94 valence electrons. The van der Waals surface area contributed by atoms with Crippen LogP contribution in [-0.4, -0.2) is 0 Å². The van der Waals surface area contributed by atoms with E-state index < -0.39 is 0 Å². The Morgan fingerprint density at radius 2 is 2.28 bits per heavy atom. The smallest absolute Gasteiger partial charge is 0.120 e. The van der Waals surface area contributed by atoms with Gasteiger partial charge in [-0.05, 0) is 55.2 Å². The van der Waals surface area contributed by atoms with Gasteiger partial charge in [-0.1, -0.05) is 22.0 Å². The number of benzene rings is 1. The molecule has 2 aromatic rings. The highest BCUT2D eigenvalue weighted by molar-refractivity contribution is 9.10. The third-order valence-corrected chi connectivity index (χ3v) is 4.10. The maximum Gasteiger partial charge on any atom is 0.120 e. The molecule has 0 amide bonds. The van der Waals surface area contributed by atoms with Crippen LogP contribution in [0.3, 0.4) is 0 Å². The molecular weight excluding hydrogens is 290 g/mol. The number of aryl methyl sites for hydroxylation is 1. The Bertz CT molecular complexity index is 535. The second-order valence-electron chi connectivity index (χ2n) is 4.84. The van der Waals surface area contributed by atoms with Crippen molar-refractivity contribution in [3.8, 4) is 0 Å². The Morgan fingerprint density at radius 1 is 1.39 bits per heavy atom. The molecule has 1 N–H and O–H groups in total. The van der Waals surface area contributed by atoms with E-state index in [9.17, 15) is 0 Å². The van der Waals surface area contributed by atoms with Crippen LogP contribution in [0, 0.1) is 0 Å². The van der Waals surface area contributed by atoms with Crippen LogP contribution in [0.2, 0.25) is 0 Å². The maximum atomic E-state index is 5.44. The molecular formula is C15H16BrNO. The molecule has 1 aliphatic rings. The van der Waals surface area contributed by atoms with Crippen LogP contribution < -0.4 is 5.32 Å². The van der Waals surface area contributed by atoms with Gasteiger partial charge in [0.1, 0.15) is 5.76 Å². The van der Waals surface area contributed by atoms with Crippen LogP contribution in [-0.2, 0) is 6.42 Å². The van der Waals surface area contributed by atoms with Gasteiger partial charge in [0.15, 0.2) is 0 Å². The molecule has 2 atom stereocenters. The fourth-order valence-corrected chi connectivity index (χ4v) is 3.09. The van der Waals surface area contributed by atoms with E-state index in [1.807, 2.05) is 12.1 Å². The molecule has 0 saturated heterocycles. The first-order chi connectivity index (χ1) is 8.74. The summed E-state index contributed by atoms with van der Waals surface area (Å²) >= 11 is 3.53. The van der Waals surface area contributed by atoms with Gasteiger partial charge in [0.05, 0.1) is 12.3 Å². The van der Waals surface area contributed by atoms with Gasteiger partial charge in [0, 0.05) is 10.5 Å². The topological polar surface area (TPSA) is 25.2 Å². The van der Waals surface area contributed by atoms with Crippen molar-refractivity contribution in [1.29, 1.82) is 0 Å². The molecule has 0 radical (unpaired) electrons. The van der Waals surface area contributed by atoms with Crippen LogP contribution in [0.5, 0.6) is 0 Å². The van der Waals surface area contributed by atoms with Crippen molar-refractivity contribution in [3.05, 3.63) is 58.0 Å². The van der Waals surface area contributed by atoms with E-state index in [1.54, 1.807) is 6.26 Å². The molecule has 1 aliphatic carbocycles. The molecule has 1 unspecified atom stereocenters. The van der Waals surface area contributed by atoms with Crippen molar-refractivity contribution < 1.29 is 4.42 Å². The lowest BCUT2D eigenvalue weighted by atomic mass is 10.1. The lowest BCUT2D eigenvalue weighted by Gasteiger charge is -2.18. The zero-order valence-electron chi connectivity index (χ0n) is 10.3. The predicted molar refractivity (Wildman–Crippen MR) is 75.5 cm³/mol. The third-order valence-electron chi connectivity index (χ3n) is 3.60. The highest BCUT2D eigenvalue weighted by Crippen LogP contribution is 2.34. The molecule has 0 spiro atoms. The number of hydrogen-bond donors (Lipinski definition) is 1. The van der Waals surface area contributed by atoms with Gasteiger partial charge in [-0.25, -0.2) is 0 Å². The van der Waals surface area contributed by atoms with Crippen LogP contribution in [0.15, 0.2) is 45.5 Å². The average Bonchev–Trinajstić information content (AvgIpc) is 2.98. The zero-order valence-corrected chi connectivity index (χ0v) is 11.9. The number of halogens is 1. The number of fused-ring (bicyclic) bond motifs is 1. The Balaban J connectivity index is 1.77. The molecule has 0 fully saturated rings. The van der Waals surface area contributed by atoms with Crippen molar-refractivity contribution in [2.45, 2.75) is 31.8 Å². The molecule has 1 aromatic carbocycles. The summed E-state index contributed by atoms with van der Waals surface area (Å²) < 4.78 is 6.61. The van der Waals surface area contributed by atoms with E-state index >= 15 is 0 Å². The van der Waals surface area contributed by atoms with Crippen molar-refractivity contribution in [3.63, 3.8) is 0 Å². The van der Waals surface area contributed by atoms with E-state index in [0.29, 0.717) is 6.04 Å². The van der Waals surface area contributed by atoms with Gasteiger partial charge in [-0.3, -0.25) is 0 Å². The second-order valence-corrected chi connectivity index (χ2v) is 5.75. The highest BCUT2D eigenvalue weighted by atomic mass is 79.9. The first-order valence-corrected chi connectivity index (χ1v) is 7.11. The molecule has 1 heterocycles. The number of rotatable bonds is 3. The van der Waals surface area contributed by atoms with Crippen molar-refractivity contribution in [2.75, 3.05) is 0 Å². The molecule has 18 heavy (non-hydrogen) atoms. The van der Waals surface area contributed by atoms with Gasteiger partial charge in [-0.15, -0.1) is 0 Å². The first kappa shape index (κ1) is 12.0. The molecule has 3 heteroatoms. The lowest BCUT2D eigenvalue weighted by Crippen LogP contribution is -2.22.